The second-order valence-electron chi connectivity index (χ2n) is 9.70. The number of nitrogens with zero attached hydrogens (tertiary/aromatic N) is 3. The molecule has 0 radical (unpaired) electrons. The summed E-state index contributed by atoms with van der Waals surface area (Å²) in [7, 11) is 0. The van der Waals surface area contributed by atoms with Crippen molar-refractivity contribution in [3.8, 4) is 22.4 Å². The van der Waals surface area contributed by atoms with Gasteiger partial charge >= 0.3 is 6.18 Å². The van der Waals surface area contributed by atoms with Crippen LogP contribution in [0.5, 0.6) is 0 Å². The summed E-state index contributed by atoms with van der Waals surface area (Å²) in [4.78, 5) is 34.9. The number of alkyl halides is 3. The third kappa shape index (κ3) is 5.62. The smallest absolute Gasteiger partial charge is 0.325 e. The van der Waals surface area contributed by atoms with Gasteiger partial charge in [-0.25, -0.2) is 9.37 Å². The average molecular weight is 571 g/mol. The third-order valence-corrected chi connectivity index (χ3v) is 7.21. The predicted molar refractivity (Wildman–Crippen MR) is 143 cm³/mol. The number of hydrogen-bond acceptors (Lipinski definition) is 4. The van der Waals surface area contributed by atoms with Gasteiger partial charge in [0.15, 0.2) is 0 Å². The number of carbonyl (C=O) groups excluding carboxylic acids is 1. The molecule has 0 saturated carbocycles. The molecule has 6 nitrogen and oxygen atoms in total. The Bertz CT molecular complexity index is 1650. The van der Waals surface area contributed by atoms with Gasteiger partial charge in [-0.1, -0.05) is 24.9 Å². The van der Waals surface area contributed by atoms with Gasteiger partial charge in [-0.15, -0.1) is 0 Å². The zero-order valence-electron chi connectivity index (χ0n) is 21.2. The number of pyridine rings is 1. The lowest BCUT2D eigenvalue weighted by molar-refractivity contribution is -0.137. The zero-order chi connectivity index (χ0) is 28.6. The van der Waals surface area contributed by atoms with E-state index in [0.717, 1.165) is 24.3 Å². The summed E-state index contributed by atoms with van der Waals surface area (Å²) >= 11 is 5.96. The second-order valence-corrected chi connectivity index (χ2v) is 10.1. The van der Waals surface area contributed by atoms with Crippen LogP contribution in [0.4, 0.5) is 23.2 Å². The molecule has 1 aliphatic heterocycles. The summed E-state index contributed by atoms with van der Waals surface area (Å²) in [5.41, 5.74) is -0.0587. The van der Waals surface area contributed by atoms with E-state index in [4.69, 9.17) is 11.6 Å². The molecule has 2 bridgehead atoms. The molecule has 2 aromatic carbocycles. The summed E-state index contributed by atoms with van der Waals surface area (Å²) in [6.45, 7) is 1.78. The molecule has 0 aliphatic carbocycles. The van der Waals surface area contributed by atoms with Gasteiger partial charge in [0.1, 0.15) is 5.82 Å². The largest absolute Gasteiger partial charge is 0.417 e. The van der Waals surface area contributed by atoms with E-state index in [9.17, 15) is 27.2 Å². The quantitative estimate of drug-likeness (QED) is 0.260. The molecule has 1 amide bonds. The molecule has 0 unspecified atom stereocenters. The highest BCUT2D eigenvalue weighted by Gasteiger charge is 2.34. The van der Waals surface area contributed by atoms with Crippen LogP contribution in [-0.2, 0) is 11.0 Å². The van der Waals surface area contributed by atoms with Crippen LogP contribution in [-0.4, -0.2) is 20.4 Å². The maximum Gasteiger partial charge on any atom is 0.417 e. The first-order valence-corrected chi connectivity index (χ1v) is 12.9. The highest BCUT2D eigenvalue weighted by Crippen LogP contribution is 2.38. The minimum absolute atomic E-state index is 0.0733. The summed E-state index contributed by atoms with van der Waals surface area (Å²) in [5.74, 6) is -1.08. The first-order valence-electron chi connectivity index (χ1n) is 12.5. The van der Waals surface area contributed by atoms with Gasteiger partial charge in [0.05, 0.1) is 29.3 Å². The fourth-order valence-corrected chi connectivity index (χ4v) is 5.04. The van der Waals surface area contributed by atoms with Crippen molar-refractivity contribution in [3.63, 3.8) is 0 Å². The number of hydrogen-bond donors (Lipinski definition) is 1. The van der Waals surface area contributed by atoms with Crippen LogP contribution in [0.3, 0.4) is 0 Å². The number of nitrogens with one attached hydrogen (secondary N) is 1. The molecule has 1 aliphatic rings. The second kappa shape index (κ2) is 10.8. The molecule has 1 N–H and O–H groups in total. The van der Waals surface area contributed by atoms with Crippen LogP contribution >= 0.6 is 11.6 Å². The number of benzene rings is 2. The van der Waals surface area contributed by atoms with Crippen LogP contribution in [0, 0.1) is 11.7 Å². The molecular formula is C29H23ClF4N4O2. The molecule has 40 heavy (non-hydrogen) atoms. The number of amides is 1. The standard InChI is InChI=1S/C29H23ClF4N4O2/c1-16-3-2-4-26(25-11-17(9-10-35-25)20-13-19(31)6-8-23(20)37-28(16)40)38-15-36-24(14-27(38)39)21-12-18(30)5-7-22(21)29(32,33)34/h5-16,26H,2-4H2,1H3,(H,37,40)/t16-,26+/m1/s1. The SMILES string of the molecule is C[C@@H]1CCC[C@H](n2cnc(-c3cc(Cl)ccc3C(F)(F)F)cc2=O)c2cc(ccn2)-c2cc(F)ccc2NC1=O. The summed E-state index contributed by atoms with van der Waals surface area (Å²) in [6, 6.07) is 11.0. The van der Waals surface area contributed by atoms with Crippen molar-refractivity contribution in [2.24, 2.45) is 5.92 Å². The maximum atomic E-state index is 14.2. The lowest BCUT2D eigenvalue weighted by Gasteiger charge is -2.23. The fourth-order valence-electron chi connectivity index (χ4n) is 4.86. The Kier molecular flexibility index (Phi) is 7.46. The lowest BCUT2D eigenvalue weighted by Crippen LogP contribution is -2.27. The topological polar surface area (TPSA) is 76.9 Å². The minimum Gasteiger partial charge on any atom is -0.325 e. The lowest BCUT2D eigenvalue weighted by atomic mass is 9.95. The van der Waals surface area contributed by atoms with Crippen LogP contribution in [0.2, 0.25) is 5.02 Å². The molecule has 0 saturated heterocycles. The molecule has 5 rings (SSSR count). The normalized spacial score (nSPS) is 17.8. The Morgan fingerprint density at radius 1 is 0.975 bits per heavy atom. The van der Waals surface area contributed by atoms with Gasteiger partial charge in [0.2, 0.25) is 5.91 Å². The van der Waals surface area contributed by atoms with E-state index in [1.807, 2.05) is 0 Å². The van der Waals surface area contributed by atoms with Gasteiger partial charge < -0.3 is 5.32 Å². The zero-order valence-corrected chi connectivity index (χ0v) is 21.9. The average Bonchev–Trinajstić information content (AvgIpc) is 2.91. The van der Waals surface area contributed by atoms with Crippen LogP contribution in [0.15, 0.2) is 71.9 Å². The Morgan fingerprint density at radius 3 is 2.52 bits per heavy atom. The Labute approximate surface area is 231 Å². The Morgan fingerprint density at radius 2 is 1.77 bits per heavy atom. The number of anilines is 1. The van der Waals surface area contributed by atoms with Crippen molar-refractivity contribution in [1.82, 2.24) is 14.5 Å². The summed E-state index contributed by atoms with van der Waals surface area (Å²) in [5, 5.41) is 2.95. The van der Waals surface area contributed by atoms with E-state index in [2.05, 4.69) is 15.3 Å². The Hall–Kier alpha value is -4.05. The number of aromatic nitrogens is 3. The molecule has 0 spiro atoms. The van der Waals surface area contributed by atoms with Crippen molar-refractivity contribution in [3.05, 3.63) is 99.6 Å². The molecule has 3 heterocycles. The first kappa shape index (κ1) is 27.5. The molecular weight excluding hydrogens is 548 g/mol. The van der Waals surface area contributed by atoms with Gasteiger partial charge in [-0.2, -0.15) is 13.2 Å². The number of rotatable bonds is 2. The van der Waals surface area contributed by atoms with Crippen molar-refractivity contribution in [2.75, 3.05) is 5.32 Å². The van der Waals surface area contributed by atoms with E-state index in [-0.39, 0.29) is 28.1 Å². The van der Waals surface area contributed by atoms with E-state index in [0.29, 0.717) is 41.8 Å². The molecule has 2 atom stereocenters. The molecule has 206 valence electrons. The van der Waals surface area contributed by atoms with Crippen LogP contribution < -0.4 is 10.9 Å². The van der Waals surface area contributed by atoms with Gasteiger partial charge in [0.25, 0.3) is 5.56 Å². The van der Waals surface area contributed by atoms with Crippen molar-refractivity contribution >= 4 is 23.2 Å². The number of fused-ring (bicyclic) bond motifs is 4. The first-order chi connectivity index (χ1) is 19.0. The maximum absolute atomic E-state index is 14.2. The minimum atomic E-state index is -4.67. The van der Waals surface area contributed by atoms with Gasteiger partial charge in [-0.3, -0.25) is 19.1 Å². The molecule has 4 aromatic rings. The van der Waals surface area contributed by atoms with Crippen LogP contribution in [0.25, 0.3) is 22.4 Å². The van der Waals surface area contributed by atoms with E-state index in [1.165, 1.54) is 35.3 Å². The molecule has 11 heteroatoms. The Balaban J connectivity index is 1.61. The highest BCUT2D eigenvalue weighted by molar-refractivity contribution is 6.30. The fraction of sp³-hybridized carbons (Fsp3) is 0.241. The number of halogens is 5. The van der Waals surface area contributed by atoms with Gasteiger partial charge in [-0.05, 0) is 66.9 Å². The van der Waals surface area contributed by atoms with E-state index >= 15 is 0 Å². The third-order valence-electron chi connectivity index (χ3n) is 6.97. The van der Waals surface area contributed by atoms with E-state index in [1.54, 1.807) is 19.1 Å². The molecule has 0 fully saturated rings. The van der Waals surface area contributed by atoms with E-state index < -0.39 is 29.2 Å². The summed E-state index contributed by atoms with van der Waals surface area (Å²) < 4.78 is 56.5. The van der Waals surface area contributed by atoms with Crippen molar-refractivity contribution < 1.29 is 22.4 Å². The van der Waals surface area contributed by atoms with Crippen LogP contribution in [0.1, 0.15) is 43.5 Å². The summed E-state index contributed by atoms with van der Waals surface area (Å²) in [6.07, 6.45) is -0.508. The monoisotopic (exact) mass is 570 g/mol. The van der Waals surface area contributed by atoms with Gasteiger partial charge in [0, 0.05) is 40.0 Å². The predicted octanol–water partition coefficient (Wildman–Crippen LogP) is 7.13. The number of carbonyl (C=O) groups is 1. The highest BCUT2D eigenvalue weighted by atomic mass is 35.5. The molecule has 2 aromatic heterocycles. The van der Waals surface area contributed by atoms with Crippen molar-refractivity contribution in [2.45, 2.75) is 38.4 Å². The van der Waals surface area contributed by atoms with Crippen molar-refractivity contribution in [1.29, 1.82) is 0 Å².